The Morgan fingerprint density at radius 3 is 2.71 bits per heavy atom. The molecule has 1 aromatic heterocycles. The highest BCUT2D eigenvalue weighted by Gasteiger charge is 2.29. The second-order valence-corrected chi connectivity index (χ2v) is 5.58. The van der Waals surface area contributed by atoms with E-state index in [0.29, 0.717) is 11.7 Å². The Morgan fingerprint density at radius 1 is 1.53 bits per heavy atom. The molecule has 1 atom stereocenters. The average molecular weight is 237 g/mol. The summed E-state index contributed by atoms with van der Waals surface area (Å²) in [4.78, 5) is 11.9. The van der Waals surface area contributed by atoms with Crippen LogP contribution in [-0.2, 0) is 11.2 Å². The number of carbonyl (C=O) groups is 1. The summed E-state index contributed by atoms with van der Waals surface area (Å²) in [6.07, 6.45) is 1.44. The summed E-state index contributed by atoms with van der Waals surface area (Å²) in [5.74, 6) is 0.801. The van der Waals surface area contributed by atoms with Gasteiger partial charge in [-0.2, -0.15) is 5.10 Å². The lowest BCUT2D eigenvalue weighted by molar-refractivity contribution is 0.0518. The summed E-state index contributed by atoms with van der Waals surface area (Å²) < 4.78 is 6.44. The van der Waals surface area contributed by atoms with Gasteiger partial charge in [0, 0.05) is 11.5 Å². The molecule has 5 nitrogen and oxygen atoms in total. The molecule has 0 amide bonds. The Kier molecular flexibility index (Phi) is 2.64. The molecule has 2 rings (SSSR count). The minimum absolute atomic E-state index is 0.371. The number of hydrogen-bond acceptors (Lipinski definition) is 4. The minimum Gasteiger partial charge on any atom is -0.442 e. The van der Waals surface area contributed by atoms with Gasteiger partial charge in [-0.05, 0) is 33.6 Å². The largest absolute Gasteiger partial charge is 0.442 e. The number of rotatable bonds is 0. The van der Waals surface area contributed by atoms with E-state index in [2.05, 4.69) is 12.0 Å². The summed E-state index contributed by atoms with van der Waals surface area (Å²) >= 11 is 0. The highest BCUT2D eigenvalue weighted by Crippen LogP contribution is 2.35. The van der Waals surface area contributed by atoms with Gasteiger partial charge in [-0.3, -0.25) is 0 Å². The van der Waals surface area contributed by atoms with Crippen LogP contribution in [0.2, 0.25) is 0 Å². The van der Waals surface area contributed by atoms with Crippen molar-refractivity contribution in [3.8, 4) is 0 Å². The lowest BCUT2D eigenvalue weighted by Crippen LogP contribution is -2.28. The van der Waals surface area contributed by atoms with E-state index in [1.165, 1.54) is 4.68 Å². The highest BCUT2D eigenvalue weighted by molar-refractivity contribution is 5.75. The van der Waals surface area contributed by atoms with Crippen LogP contribution in [-0.4, -0.2) is 21.5 Å². The SMILES string of the molecule is CC1CCc2c1nn(C(=O)OC(C)(C)C)c2N. The first-order chi connectivity index (χ1) is 7.79. The third-order valence-corrected chi connectivity index (χ3v) is 2.91. The Morgan fingerprint density at radius 2 is 2.18 bits per heavy atom. The molecule has 1 unspecified atom stereocenters. The van der Waals surface area contributed by atoms with Crippen molar-refractivity contribution < 1.29 is 9.53 Å². The number of carbonyl (C=O) groups excluding carboxylic acids is 1. The molecule has 0 radical (unpaired) electrons. The Labute approximate surface area is 101 Å². The second-order valence-electron chi connectivity index (χ2n) is 5.58. The van der Waals surface area contributed by atoms with E-state index >= 15 is 0 Å². The molecule has 1 heterocycles. The third kappa shape index (κ3) is 2.14. The van der Waals surface area contributed by atoms with Crippen LogP contribution in [0.4, 0.5) is 10.6 Å². The maximum absolute atomic E-state index is 11.9. The number of fused-ring (bicyclic) bond motifs is 1. The quantitative estimate of drug-likeness (QED) is 0.751. The van der Waals surface area contributed by atoms with Gasteiger partial charge in [-0.15, -0.1) is 4.68 Å². The summed E-state index contributed by atoms with van der Waals surface area (Å²) in [5, 5.41) is 4.27. The number of ether oxygens (including phenoxy) is 1. The van der Waals surface area contributed by atoms with Crippen LogP contribution in [0.15, 0.2) is 0 Å². The number of anilines is 1. The first-order valence-corrected chi connectivity index (χ1v) is 5.90. The number of nitrogens with two attached hydrogens (primary N) is 1. The Balaban J connectivity index is 2.29. The normalized spacial score (nSPS) is 19.2. The van der Waals surface area contributed by atoms with Crippen LogP contribution in [0.3, 0.4) is 0 Å². The molecular weight excluding hydrogens is 218 g/mol. The van der Waals surface area contributed by atoms with E-state index in [0.717, 1.165) is 24.1 Å². The molecule has 0 fully saturated rings. The van der Waals surface area contributed by atoms with Gasteiger partial charge in [0.1, 0.15) is 11.4 Å². The maximum atomic E-state index is 11.9. The topological polar surface area (TPSA) is 70.1 Å². The van der Waals surface area contributed by atoms with Gasteiger partial charge in [0.25, 0.3) is 0 Å². The van der Waals surface area contributed by atoms with E-state index in [1.807, 2.05) is 20.8 Å². The highest BCUT2D eigenvalue weighted by atomic mass is 16.6. The van der Waals surface area contributed by atoms with Gasteiger partial charge in [0.2, 0.25) is 0 Å². The van der Waals surface area contributed by atoms with Crippen molar-refractivity contribution in [3.05, 3.63) is 11.3 Å². The van der Waals surface area contributed by atoms with Gasteiger partial charge >= 0.3 is 6.09 Å². The molecule has 0 bridgehead atoms. The van der Waals surface area contributed by atoms with E-state index in [-0.39, 0.29) is 0 Å². The van der Waals surface area contributed by atoms with Crippen molar-refractivity contribution in [2.75, 3.05) is 5.73 Å². The zero-order valence-corrected chi connectivity index (χ0v) is 10.8. The first-order valence-electron chi connectivity index (χ1n) is 5.90. The van der Waals surface area contributed by atoms with E-state index in [1.54, 1.807) is 0 Å². The predicted molar refractivity (Wildman–Crippen MR) is 65.0 cm³/mol. The molecule has 2 N–H and O–H groups in total. The number of nitrogen functional groups attached to an aromatic ring is 1. The third-order valence-electron chi connectivity index (χ3n) is 2.91. The second kappa shape index (κ2) is 3.75. The number of nitrogens with zero attached hydrogens (tertiary/aromatic N) is 2. The smallest absolute Gasteiger partial charge is 0.437 e. The van der Waals surface area contributed by atoms with Crippen LogP contribution in [0.25, 0.3) is 0 Å². The van der Waals surface area contributed by atoms with Crippen LogP contribution in [0.1, 0.15) is 51.3 Å². The zero-order chi connectivity index (χ0) is 12.8. The monoisotopic (exact) mass is 237 g/mol. The summed E-state index contributed by atoms with van der Waals surface area (Å²) in [5.41, 5.74) is 7.34. The molecule has 5 heteroatoms. The molecule has 17 heavy (non-hydrogen) atoms. The van der Waals surface area contributed by atoms with Crippen LogP contribution < -0.4 is 5.73 Å². The number of aromatic nitrogens is 2. The Bertz CT molecular complexity index is 457. The molecular formula is C12H19N3O2. The molecule has 0 saturated carbocycles. The summed E-state index contributed by atoms with van der Waals surface area (Å²) in [6.45, 7) is 7.56. The van der Waals surface area contributed by atoms with Crippen LogP contribution in [0.5, 0.6) is 0 Å². The zero-order valence-electron chi connectivity index (χ0n) is 10.8. The predicted octanol–water partition coefficient (Wildman–Crippen LogP) is 2.30. The van der Waals surface area contributed by atoms with E-state index in [4.69, 9.17) is 10.5 Å². The molecule has 94 valence electrons. The fourth-order valence-electron chi connectivity index (χ4n) is 2.08. The minimum atomic E-state index is -0.536. The van der Waals surface area contributed by atoms with E-state index < -0.39 is 11.7 Å². The first kappa shape index (κ1) is 12.0. The lowest BCUT2D eigenvalue weighted by atomic mass is 10.1. The Hall–Kier alpha value is -1.52. The molecule has 0 aliphatic heterocycles. The molecule has 0 spiro atoms. The van der Waals surface area contributed by atoms with Crippen LogP contribution >= 0.6 is 0 Å². The fourth-order valence-corrected chi connectivity index (χ4v) is 2.08. The fraction of sp³-hybridized carbons (Fsp3) is 0.667. The van der Waals surface area contributed by atoms with Gasteiger partial charge in [-0.25, -0.2) is 4.79 Å². The lowest BCUT2D eigenvalue weighted by Gasteiger charge is -2.19. The van der Waals surface area contributed by atoms with Gasteiger partial charge in [0.15, 0.2) is 0 Å². The van der Waals surface area contributed by atoms with Crippen molar-refractivity contribution in [2.24, 2.45) is 0 Å². The molecule has 1 aliphatic carbocycles. The standard InChI is InChI=1S/C12H19N3O2/c1-7-5-6-8-9(7)14-15(10(8)13)11(16)17-12(2,3)4/h7H,5-6,13H2,1-4H3. The summed E-state index contributed by atoms with van der Waals surface area (Å²) in [6, 6.07) is 0. The summed E-state index contributed by atoms with van der Waals surface area (Å²) in [7, 11) is 0. The van der Waals surface area contributed by atoms with Crippen molar-refractivity contribution in [1.29, 1.82) is 0 Å². The molecule has 1 aromatic rings. The van der Waals surface area contributed by atoms with Gasteiger partial charge < -0.3 is 10.5 Å². The van der Waals surface area contributed by atoms with Gasteiger partial charge in [0.05, 0.1) is 5.69 Å². The van der Waals surface area contributed by atoms with Gasteiger partial charge in [-0.1, -0.05) is 6.92 Å². The van der Waals surface area contributed by atoms with E-state index in [9.17, 15) is 4.79 Å². The van der Waals surface area contributed by atoms with Crippen molar-refractivity contribution in [2.45, 2.75) is 52.1 Å². The van der Waals surface area contributed by atoms with Crippen molar-refractivity contribution in [3.63, 3.8) is 0 Å². The van der Waals surface area contributed by atoms with Crippen LogP contribution in [0, 0.1) is 0 Å². The number of hydrogen-bond donors (Lipinski definition) is 1. The molecule has 0 aromatic carbocycles. The average Bonchev–Trinajstić information content (AvgIpc) is 2.67. The molecule has 1 aliphatic rings. The van der Waals surface area contributed by atoms with Crippen molar-refractivity contribution >= 4 is 11.9 Å². The maximum Gasteiger partial charge on any atom is 0.437 e. The van der Waals surface area contributed by atoms with Crippen molar-refractivity contribution in [1.82, 2.24) is 9.78 Å². The molecule has 0 saturated heterocycles.